The minimum atomic E-state index is -0.0603. The zero-order valence-electron chi connectivity index (χ0n) is 9.30. The fraction of sp³-hybridized carbons (Fsp3) is 0.385. The van der Waals surface area contributed by atoms with E-state index in [0.29, 0.717) is 12.1 Å². The van der Waals surface area contributed by atoms with Gasteiger partial charge in [0.1, 0.15) is 0 Å². The van der Waals surface area contributed by atoms with Crippen molar-refractivity contribution in [2.24, 2.45) is 11.8 Å². The molecule has 4 nitrogen and oxygen atoms in total. The Kier molecular flexibility index (Phi) is 2.26. The van der Waals surface area contributed by atoms with Gasteiger partial charge in [-0.25, -0.2) is 0 Å². The number of amides is 2. The van der Waals surface area contributed by atoms with Crippen molar-refractivity contribution in [3.8, 4) is 0 Å². The lowest BCUT2D eigenvalue weighted by atomic mass is 10.1. The minimum Gasteiger partial charge on any atom is -0.396 e. The van der Waals surface area contributed by atoms with E-state index in [2.05, 4.69) is 0 Å². The molecule has 88 valence electrons. The van der Waals surface area contributed by atoms with Crippen LogP contribution in [0.1, 0.15) is 12.0 Å². The van der Waals surface area contributed by atoms with Crippen LogP contribution in [0.25, 0.3) is 0 Å². The number of carbonyl (C=O) groups excluding carboxylic acids is 2. The molecule has 0 spiro atoms. The van der Waals surface area contributed by atoms with Crippen molar-refractivity contribution in [1.29, 1.82) is 0 Å². The quantitative estimate of drug-likeness (QED) is 0.780. The molecule has 2 amide bonds. The predicted octanol–water partition coefficient (Wildman–Crippen LogP) is 0.731. The molecule has 0 radical (unpaired) electrons. The van der Waals surface area contributed by atoms with E-state index in [1.165, 1.54) is 4.90 Å². The fourth-order valence-corrected chi connectivity index (χ4v) is 2.38. The van der Waals surface area contributed by atoms with E-state index in [4.69, 9.17) is 5.11 Å². The molecule has 1 aliphatic heterocycles. The second-order valence-corrected chi connectivity index (χ2v) is 4.60. The van der Waals surface area contributed by atoms with Gasteiger partial charge in [-0.1, -0.05) is 12.1 Å². The van der Waals surface area contributed by atoms with Crippen LogP contribution in [0.15, 0.2) is 24.3 Å². The number of rotatable bonds is 3. The van der Waals surface area contributed by atoms with Gasteiger partial charge in [-0.15, -0.1) is 0 Å². The van der Waals surface area contributed by atoms with Gasteiger partial charge in [-0.05, 0) is 30.5 Å². The molecule has 1 aromatic rings. The number of carbonyl (C=O) groups is 2. The number of nitrogens with zero attached hydrogens (tertiary/aromatic N) is 1. The first-order valence-electron chi connectivity index (χ1n) is 5.80. The molecule has 2 fully saturated rings. The zero-order chi connectivity index (χ0) is 12.0. The lowest BCUT2D eigenvalue weighted by molar-refractivity contribution is -0.123. The van der Waals surface area contributed by atoms with Gasteiger partial charge in [0.05, 0.1) is 17.5 Å². The molecule has 17 heavy (non-hydrogen) atoms. The molecular weight excluding hydrogens is 218 g/mol. The maximum Gasteiger partial charge on any atom is 0.237 e. The van der Waals surface area contributed by atoms with Gasteiger partial charge in [0, 0.05) is 6.61 Å². The van der Waals surface area contributed by atoms with Crippen molar-refractivity contribution >= 4 is 17.5 Å². The topological polar surface area (TPSA) is 57.6 Å². The number of anilines is 1. The molecule has 3 rings (SSSR count). The standard InChI is InChI=1S/C13H13NO3/c15-6-5-8-1-3-9(4-2-8)14-12(16)10-7-11(10)13(14)17/h1-4,10-11,15H,5-7H2. The molecule has 1 saturated heterocycles. The number of imide groups is 1. The Morgan fingerprint density at radius 3 is 2.24 bits per heavy atom. The van der Waals surface area contributed by atoms with E-state index < -0.39 is 0 Å². The highest BCUT2D eigenvalue weighted by Crippen LogP contribution is 2.48. The van der Waals surface area contributed by atoms with Crippen molar-refractivity contribution in [2.75, 3.05) is 11.5 Å². The number of benzene rings is 1. The molecule has 1 aliphatic carbocycles. The maximum atomic E-state index is 11.8. The number of fused-ring (bicyclic) bond motifs is 1. The smallest absolute Gasteiger partial charge is 0.237 e. The van der Waals surface area contributed by atoms with E-state index in [-0.39, 0.29) is 30.3 Å². The molecule has 2 atom stereocenters. The van der Waals surface area contributed by atoms with Crippen LogP contribution >= 0.6 is 0 Å². The predicted molar refractivity (Wildman–Crippen MR) is 61.3 cm³/mol. The third-order valence-electron chi connectivity index (χ3n) is 3.46. The van der Waals surface area contributed by atoms with Crippen LogP contribution < -0.4 is 4.90 Å². The minimum absolute atomic E-state index is 0.0559. The normalized spacial score (nSPS) is 26.3. The van der Waals surface area contributed by atoms with E-state index in [1.807, 2.05) is 12.1 Å². The number of hydrogen-bond donors (Lipinski definition) is 1. The molecule has 4 heteroatoms. The van der Waals surface area contributed by atoms with Gasteiger partial charge in [-0.3, -0.25) is 14.5 Å². The molecule has 1 saturated carbocycles. The van der Waals surface area contributed by atoms with Crippen LogP contribution in [0.3, 0.4) is 0 Å². The van der Waals surface area contributed by atoms with Crippen LogP contribution in [0.2, 0.25) is 0 Å². The highest BCUT2D eigenvalue weighted by atomic mass is 16.3. The summed E-state index contributed by atoms with van der Waals surface area (Å²) in [4.78, 5) is 25.0. The summed E-state index contributed by atoms with van der Waals surface area (Å²) >= 11 is 0. The number of aliphatic hydroxyl groups is 1. The molecular formula is C13H13NO3. The summed E-state index contributed by atoms with van der Waals surface area (Å²) in [7, 11) is 0. The largest absolute Gasteiger partial charge is 0.396 e. The summed E-state index contributed by atoms with van der Waals surface area (Å²) in [5.74, 6) is -0.232. The van der Waals surface area contributed by atoms with E-state index in [1.54, 1.807) is 12.1 Å². The third-order valence-corrected chi connectivity index (χ3v) is 3.46. The van der Waals surface area contributed by atoms with Crippen LogP contribution in [-0.4, -0.2) is 23.5 Å². The molecule has 1 aromatic carbocycles. The first-order valence-corrected chi connectivity index (χ1v) is 5.80. The Hall–Kier alpha value is -1.68. The van der Waals surface area contributed by atoms with Crippen LogP contribution in [0.4, 0.5) is 5.69 Å². The maximum absolute atomic E-state index is 11.8. The highest BCUT2D eigenvalue weighted by molar-refractivity contribution is 6.24. The average molecular weight is 231 g/mol. The monoisotopic (exact) mass is 231 g/mol. The first kappa shape index (κ1) is 10.5. The Morgan fingerprint density at radius 1 is 1.12 bits per heavy atom. The Morgan fingerprint density at radius 2 is 1.71 bits per heavy atom. The molecule has 2 unspecified atom stereocenters. The van der Waals surface area contributed by atoms with Crippen molar-refractivity contribution in [3.05, 3.63) is 29.8 Å². The second kappa shape index (κ2) is 3.67. The van der Waals surface area contributed by atoms with Crippen molar-refractivity contribution in [1.82, 2.24) is 0 Å². The van der Waals surface area contributed by atoms with Gasteiger partial charge < -0.3 is 5.11 Å². The average Bonchev–Trinajstić information content (AvgIpc) is 3.07. The molecule has 2 aliphatic rings. The summed E-state index contributed by atoms with van der Waals surface area (Å²) in [5, 5.41) is 8.81. The van der Waals surface area contributed by atoms with Crippen molar-refractivity contribution < 1.29 is 14.7 Å². The van der Waals surface area contributed by atoms with Crippen molar-refractivity contribution in [2.45, 2.75) is 12.8 Å². The van der Waals surface area contributed by atoms with Gasteiger partial charge in [0.25, 0.3) is 0 Å². The SMILES string of the molecule is O=C1C2CC2C(=O)N1c1ccc(CCO)cc1. The molecule has 0 aromatic heterocycles. The number of piperidine rings is 1. The molecule has 0 bridgehead atoms. The highest BCUT2D eigenvalue weighted by Gasteiger charge is 2.59. The van der Waals surface area contributed by atoms with Gasteiger partial charge >= 0.3 is 0 Å². The fourth-order valence-electron chi connectivity index (χ4n) is 2.38. The summed E-state index contributed by atoms with van der Waals surface area (Å²) in [6, 6.07) is 7.23. The van der Waals surface area contributed by atoms with Crippen LogP contribution in [0.5, 0.6) is 0 Å². The van der Waals surface area contributed by atoms with Crippen molar-refractivity contribution in [3.63, 3.8) is 0 Å². The zero-order valence-corrected chi connectivity index (χ0v) is 9.30. The Labute approximate surface area is 98.9 Å². The van der Waals surface area contributed by atoms with Gasteiger partial charge in [0.15, 0.2) is 0 Å². The summed E-state index contributed by atoms with van der Waals surface area (Å²) < 4.78 is 0. The third kappa shape index (κ3) is 1.56. The Balaban J connectivity index is 1.85. The molecule has 1 heterocycles. The summed E-state index contributed by atoms with van der Waals surface area (Å²) in [6.07, 6.45) is 1.32. The summed E-state index contributed by atoms with van der Waals surface area (Å²) in [6.45, 7) is 0.102. The van der Waals surface area contributed by atoms with E-state index in [9.17, 15) is 9.59 Å². The van der Waals surface area contributed by atoms with E-state index >= 15 is 0 Å². The van der Waals surface area contributed by atoms with Crippen LogP contribution in [-0.2, 0) is 16.0 Å². The lowest BCUT2D eigenvalue weighted by Gasteiger charge is -2.16. The van der Waals surface area contributed by atoms with E-state index in [0.717, 1.165) is 12.0 Å². The number of aliphatic hydroxyl groups excluding tert-OH is 1. The number of hydrogen-bond acceptors (Lipinski definition) is 3. The first-order chi connectivity index (χ1) is 8.22. The summed E-state index contributed by atoms with van der Waals surface area (Å²) in [5.41, 5.74) is 1.65. The second-order valence-electron chi connectivity index (χ2n) is 4.60. The lowest BCUT2D eigenvalue weighted by Crippen LogP contribution is -2.32. The Bertz CT molecular complexity index is 460. The molecule has 1 N–H and O–H groups in total. The van der Waals surface area contributed by atoms with Gasteiger partial charge in [-0.2, -0.15) is 0 Å². The van der Waals surface area contributed by atoms with Gasteiger partial charge in [0.2, 0.25) is 11.8 Å². The van der Waals surface area contributed by atoms with Crippen LogP contribution in [0, 0.1) is 11.8 Å².